The molecule has 0 radical (unpaired) electrons. The summed E-state index contributed by atoms with van der Waals surface area (Å²) in [5.74, 6) is 1.56. The van der Waals surface area contributed by atoms with Gasteiger partial charge in [0.2, 0.25) is 0 Å². The van der Waals surface area contributed by atoms with E-state index in [2.05, 4.69) is 40.1 Å². The molecule has 2 nitrogen and oxygen atoms in total. The van der Waals surface area contributed by atoms with Gasteiger partial charge in [-0.2, -0.15) is 0 Å². The molecule has 1 saturated carbocycles. The van der Waals surface area contributed by atoms with Crippen LogP contribution in [0.3, 0.4) is 0 Å². The Labute approximate surface area is 118 Å². The molecule has 2 unspecified atom stereocenters. The Morgan fingerprint density at radius 3 is 2.42 bits per heavy atom. The molecular weight excluding hydrogens is 234 g/mol. The summed E-state index contributed by atoms with van der Waals surface area (Å²) in [6.07, 6.45) is 10.3. The zero-order valence-corrected chi connectivity index (χ0v) is 13.1. The van der Waals surface area contributed by atoms with Gasteiger partial charge < -0.3 is 4.48 Å². The van der Waals surface area contributed by atoms with Crippen LogP contribution < -0.4 is 0 Å². The summed E-state index contributed by atoms with van der Waals surface area (Å²) in [4.78, 5) is 12.9. The van der Waals surface area contributed by atoms with E-state index in [1.807, 2.05) is 0 Å². The van der Waals surface area contributed by atoms with Crippen molar-refractivity contribution in [3.05, 3.63) is 12.2 Å². The molecule has 0 spiro atoms. The molecule has 19 heavy (non-hydrogen) atoms. The predicted molar refractivity (Wildman–Crippen MR) is 79.8 cm³/mol. The van der Waals surface area contributed by atoms with Gasteiger partial charge in [-0.1, -0.05) is 38.8 Å². The van der Waals surface area contributed by atoms with E-state index >= 15 is 0 Å². The van der Waals surface area contributed by atoms with Crippen LogP contribution in [0.15, 0.2) is 12.2 Å². The van der Waals surface area contributed by atoms with Crippen molar-refractivity contribution in [2.45, 2.75) is 52.0 Å². The van der Waals surface area contributed by atoms with E-state index in [1.54, 1.807) is 0 Å². The van der Waals surface area contributed by atoms with Crippen LogP contribution >= 0.6 is 0 Å². The minimum atomic E-state index is 0.139. The fourth-order valence-corrected chi connectivity index (χ4v) is 4.32. The van der Waals surface area contributed by atoms with Gasteiger partial charge in [0.05, 0.1) is 26.6 Å². The van der Waals surface area contributed by atoms with E-state index in [-0.39, 0.29) is 5.92 Å². The van der Waals surface area contributed by atoms with Gasteiger partial charge in [-0.3, -0.25) is 4.79 Å². The monoisotopic (exact) mass is 264 g/mol. The summed E-state index contributed by atoms with van der Waals surface area (Å²) < 4.78 is 0.980. The molecule has 0 saturated heterocycles. The van der Waals surface area contributed by atoms with E-state index in [9.17, 15) is 4.79 Å². The first kappa shape index (κ1) is 14.8. The highest BCUT2D eigenvalue weighted by atomic mass is 16.1. The standard InChI is InChI=1S/C17H30NO/c1-13(2)16-15(11-7-8-12-18(16,3)4)17(19)14-9-5-6-10-14/h7,11,13-16H,5-6,8-10,12H2,1-4H3/q+1. The van der Waals surface area contributed by atoms with Crippen LogP contribution in [0, 0.1) is 17.8 Å². The highest BCUT2D eigenvalue weighted by Crippen LogP contribution is 2.34. The number of ketones is 1. The van der Waals surface area contributed by atoms with Crippen LogP contribution in [0.2, 0.25) is 0 Å². The number of carbonyl (C=O) groups is 1. The maximum Gasteiger partial charge on any atom is 0.148 e. The third kappa shape index (κ3) is 3.10. The van der Waals surface area contributed by atoms with Crippen LogP contribution in [0.25, 0.3) is 0 Å². The van der Waals surface area contributed by atoms with Crippen LogP contribution in [0.5, 0.6) is 0 Å². The summed E-state index contributed by atoms with van der Waals surface area (Å²) in [6, 6.07) is 0.437. The molecule has 1 fully saturated rings. The number of Topliss-reactive ketones (excluding diaryl/α,β-unsaturated/α-hetero) is 1. The van der Waals surface area contributed by atoms with E-state index in [4.69, 9.17) is 0 Å². The third-order valence-corrected chi connectivity index (χ3v) is 5.16. The van der Waals surface area contributed by atoms with Gasteiger partial charge in [-0.05, 0) is 12.8 Å². The fraction of sp³-hybridized carbons (Fsp3) is 0.824. The van der Waals surface area contributed by atoms with Crippen LogP contribution in [0.1, 0.15) is 46.0 Å². The van der Waals surface area contributed by atoms with Crippen LogP contribution in [0.4, 0.5) is 0 Å². The third-order valence-electron chi connectivity index (χ3n) is 5.16. The molecule has 2 heteroatoms. The van der Waals surface area contributed by atoms with Crippen LogP contribution in [-0.2, 0) is 4.79 Å². The first-order chi connectivity index (χ1) is 8.93. The van der Waals surface area contributed by atoms with Gasteiger partial charge >= 0.3 is 0 Å². The molecule has 108 valence electrons. The minimum Gasteiger partial charge on any atom is -0.325 e. The molecule has 1 heterocycles. The second kappa shape index (κ2) is 5.78. The topological polar surface area (TPSA) is 17.1 Å². The number of quaternary nitrogens is 1. The van der Waals surface area contributed by atoms with Crippen LogP contribution in [-0.4, -0.2) is 36.9 Å². The molecule has 2 rings (SSSR count). The Hall–Kier alpha value is -0.630. The van der Waals surface area contributed by atoms with Gasteiger partial charge in [0, 0.05) is 18.3 Å². The van der Waals surface area contributed by atoms with Gasteiger partial charge in [0.15, 0.2) is 0 Å². The molecule has 0 aromatic carbocycles. The van der Waals surface area contributed by atoms with Gasteiger partial charge in [-0.15, -0.1) is 0 Å². The summed E-state index contributed by atoms with van der Waals surface area (Å²) in [5.41, 5.74) is 0. The molecule has 0 aromatic rings. The average molecular weight is 264 g/mol. The highest BCUT2D eigenvalue weighted by molar-refractivity contribution is 5.85. The first-order valence-electron chi connectivity index (χ1n) is 7.96. The Bertz CT molecular complexity index is 350. The Kier molecular flexibility index (Phi) is 4.50. The van der Waals surface area contributed by atoms with Crippen molar-refractivity contribution in [2.24, 2.45) is 17.8 Å². The number of hydrogen-bond donors (Lipinski definition) is 0. The van der Waals surface area contributed by atoms with Crippen molar-refractivity contribution in [1.82, 2.24) is 0 Å². The van der Waals surface area contributed by atoms with Crippen molar-refractivity contribution in [1.29, 1.82) is 0 Å². The van der Waals surface area contributed by atoms with Gasteiger partial charge in [0.1, 0.15) is 11.8 Å². The number of hydrogen-bond acceptors (Lipinski definition) is 1. The van der Waals surface area contributed by atoms with E-state index in [0.29, 0.717) is 23.7 Å². The number of rotatable bonds is 3. The predicted octanol–water partition coefficient (Wildman–Crippen LogP) is 3.42. The van der Waals surface area contributed by atoms with Crippen molar-refractivity contribution in [2.75, 3.05) is 20.6 Å². The Morgan fingerprint density at radius 1 is 1.21 bits per heavy atom. The quantitative estimate of drug-likeness (QED) is 0.564. The molecule has 2 atom stereocenters. The molecule has 1 aliphatic carbocycles. The molecule has 2 aliphatic rings. The lowest BCUT2D eigenvalue weighted by molar-refractivity contribution is -0.919. The van der Waals surface area contributed by atoms with E-state index in [0.717, 1.165) is 30.3 Å². The molecule has 0 bridgehead atoms. The lowest BCUT2D eigenvalue weighted by Crippen LogP contribution is -2.56. The minimum absolute atomic E-state index is 0.139. The molecule has 0 amide bonds. The number of carbonyl (C=O) groups excluding carboxylic acids is 1. The molecule has 1 aliphatic heterocycles. The second-order valence-electron chi connectivity index (χ2n) is 7.36. The zero-order chi connectivity index (χ0) is 14.0. The van der Waals surface area contributed by atoms with Gasteiger partial charge in [0.25, 0.3) is 0 Å². The van der Waals surface area contributed by atoms with Crippen molar-refractivity contribution >= 4 is 5.78 Å². The first-order valence-corrected chi connectivity index (χ1v) is 7.96. The molecule has 0 N–H and O–H groups in total. The maximum atomic E-state index is 12.9. The van der Waals surface area contributed by atoms with E-state index in [1.165, 1.54) is 12.8 Å². The lowest BCUT2D eigenvalue weighted by Gasteiger charge is -2.42. The largest absolute Gasteiger partial charge is 0.325 e. The smallest absolute Gasteiger partial charge is 0.148 e. The average Bonchev–Trinajstić information content (AvgIpc) is 2.79. The van der Waals surface area contributed by atoms with Gasteiger partial charge in [-0.25, -0.2) is 0 Å². The van der Waals surface area contributed by atoms with Crippen molar-refractivity contribution in [3.63, 3.8) is 0 Å². The lowest BCUT2D eigenvalue weighted by atomic mass is 9.80. The zero-order valence-electron chi connectivity index (χ0n) is 13.1. The summed E-state index contributed by atoms with van der Waals surface area (Å²) in [5, 5.41) is 0. The Morgan fingerprint density at radius 2 is 1.84 bits per heavy atom. The Balaban J connectivity index is 2.25. The summed E-state index contributed by atoms with van der Waals surface area (Å²) in [6.45, 7) is 5.70. The summed E-state index contributed by atoms with van der Waals surface area (Å²) >= 11 is 0. The van der Waals surface area contributed by atoms with E-state index < -0.39 is 0 Å². The molecule has 0 aromatic heterocycles. The number of nitrogens with zero attached hydrogens (tertiary/aromatic N) is 1. The molecular formula is C17H30NO+. The summed E-state index contributed by atoms with van der Waals surface area (Å²) in [7, 11) is 4.60. The highest BCUT2D eigenvalue weighted by Gasteiger charge is 2.43. The maximum absolute atomic E-state index is 12.9. The fourth-order valence-electron chi connectivity index (χ4n) is 4.32. The normalized spacial score (nSPS) is 31.6. The van der Waals surface area contributed by atoms with Crippen molar-refractivity contribution < 1.29 is 9.28 Å². The van der Waals surface area contributed by atoms with Crippen molar-refractivity contribution in [3.8, 4) is 0 Å². The SMILES string of the molecule is CC(C)C1C(C(=O)C2CCCC2)C=CCC[N+]1(C)C. The second-order valence-corrected chi connectivity index (χ2v) is 7.36.